The molecule has 0 spiro atoms. The molecule has 0 bridgehead atoms. The molecule has 2 N–H and O–H groups in total. The fourth-order valence-corrected chi connectivity index (χ4v) is 1.94. The Labute approximate surface area is 83.3 Å². The molecular weight excluding hydrogens is 202 g/mol. The normalized spacial score (nSPS) is 11.6. The summed E-state index contributed by atoms with van der Waals surface area (Å²) in [6.45, 7) is 2.11. The Hall–Kier alpha value is -1.01. The van der Waals surface area contributed by atoms with E-state index in [9.17, 15) is 8.42 Å². The highest BCUT2D eigenvalue weighted by Gasteiger charge is 2.12. The Morgan fingerprint density at radius 2 is 2.14 bits per heavy atom. The predicted octanol–water partition coefficient (Wildman–Crippen LogP) is -0.310. The van der Waals surface area contributed by atoms with Gasteiger partial charge < -0.3 is 5.73 Å². The van der Waals surface area contributed by atoms with Gasteiger partial charge in [0, 0.05) is 18.9 Å². The van der Waals surface area contributed by atoms with Crippen molar-refractivity contribution in [2.45, 2.75) is 18.2 Å². The minimum atomic E-state index is -3.22. The fourth-order valence-electron chi connectivity index (χ4n) is 1.12. The molecule has 0 unspecified atom stereocenters. The molecule has 0 aliphatic rings. The Kier molecular flexibility index (Phi) is 3.17. The zero-order chi connectivity index (χ0) is 10.8. The number of rotatable bonds is 3. The van der Waals surface area contributed by atoms with Crippen LogP contribution in [-0.2, 0) is 16.3 Å². The van der Waals surface area contributed by atoms with Crippen LogP contribution in [0.1, 0.15) is 11.5 Å². The van der Waals surface area contributed by atoms with E-state index in [2.05, 4.69) is 9.97 Å². The zero-order valence-electron chi connectivity index (χ0n) is 8.19. The summed E-state index contributed by atoms with van der Waals surface area (Å²) in [5.41, 5.74) is 5.81. The van der Waals surface area contributed by atoms with E-state index in [0.717, 1.165) is 6.26 Å². The van der Waals surface area contributed by atoms with Crippen LogP contribution in [0.15, 0.2) is 11.1 Å². The standard InChI is InChI=1S/C8H13N3O2S/c1-6-7(14(2,12)13)5-10-8(11-6)3-4-9/h5H,3-4,9H2,1-2H3. The molecule has 14 heavy (non-hydrogen) atoms. The van der Waals surface area contributed by atoms with Gasteiger partial charge in [0.05, 0.1) is 5.69 Å². The van der Waals surface area contributed by atoms with Crippen LogP contribution >= 0.6 is 0 Å². The summed E-state index contributed by atoms with van der Waals surface area (Å²) in [6, 6.07) is 0. The molecule has 6 heteroatoms. The molecular formula is C8H13N3O2S. The molecule has 0 aliphatic heterocycles. The van der Waals surface area contributed by atoms with E-state index in [1.165, 1.54) is 6.20 Å². The summed E-state index contributed by atoms with van der Waals surface area (Å²) in [4.78, 5) is 8.16. The smallest absolute Gasteiger partial charge is 0.178 e. The largest absolute Gasteiger partial charge is 0.330 e. The first-order chi connectivity index (χ1) is 6.45. The van der Waals surface area contributed by atoms with Crippen molar-refractivity contribution in [2.24, 2.45) is 5.73 Å². The van der Waals surface area contributed by atoms with Crippen molar-refractivity contribution in [1.29, 1.82) is 0 Å². The number of hydrogen-bond acceptors (Lipinski definition) is 5. The van der Waals surface area contributed by atoms with Gasteiger partial charge in [-0.3, -0.25) is 0 Å². The van der Waals surface area contributed by atoms with E-state index in [0.29, 0.717) is 24.5 Å². The highest BCUT2D eigenvalue weighted by atomic mass is 32.2. The maximum atomic E-state index is 11.2. The number of hydrogen-bond donors (Lipinski definition) is 1. The van der Waals surface area contributed by atoms with E-state index in [-0.39, 0.29) is 4.90 Å². The van der Waals surface area contributed by atoms with Crippen LogP contribution < -0.4 is 5.73 Å². The molecule has 0 saturated carbocycles. The van der Waals surface area contributed by atoms with Crippen LogP contribution in [0.2, 0.25) is 0 Å². The fraction of sp³-hybridized carbons (Fsp3) is 0.500. The quantitative estimate of drug-likeness (QED) is 0.747. The Morgan fingerprint density at radius 1 is 1.50 bits per heavy atom. The number of nitrogens with zero attached hydrogens (tertiary/aromatic N) is 2. The van der Waals surface area contributed by atoms with Crippen molar-refractivity contribution in [2.75, 3.05) is 12.8 Å². The van der Waals surface area contributed by atoms with Crippen molar-refractivity contribution >= 4 is 9.84 Å². The molecule has 0 fully saturated rings. The second-order valence-electron chi connectivity index (χ2n) is 3.05. The lowest BCUT2D eigenvalue weighted by Gasteiger charge is -2.03. The summed E-state index contributed by atoms with van der Waals surface area (Å²) in [5.74, 6) is 0.581. The first-order valence-electron chi connectivity index (χ1n) is 4.18. The SMILES string of the molecule is Cc1nc(CCN)ncc1S(C)(=O)=O. The van der Waals surface area contributed by atoms with Crippen LogP contribution in [0.5, 0.6) is 0 Å². The van der Waals surface area contributed by atoms with Gasteiger partial charge in [-0.05, 0) is 13.5 Å². The molecule has 0 atom stereocenters. The van der Waals surface area contributed by atoms with Gasteiger partial charge >= 0.3 is 0 Å². The second kappa shape index (κ2) is 4.02. The lowest BCUT2D eigenvalue weighted by atomic mass is 10.3. The van der Waals surface area contributed by atoms with Gasteiger partial charge in [0.15, 0.2) is 9.84 Å². The van der Waals surface area contributed by atoms with Crippen molar-refractivity contribution in [1.82, 2.24) is 9.97 Å². The van der Waals surface area contributed by atoms with Crippen molar-refractivity contribution < 1.29 is 8.42 Å². The number of sulfone groups is 1. The summed E-state index contributed by atoms with van der Waals surface area (Å²) in [6.07, 6.45) is 3.04. The molecule has 1 aromatic heterocycles. The average molecular weight is 215 g/mol. The molecule has 1 rings (SSSR count). The maximum Gasteiger partial charge on any atom is 0.178 e. The van der Waals surface area contributed by atoms with Crippen LogP contribution in [0, 0.1) is 6.92 Å². The van der Waals surface area contributed by atoms with Gasteiger partial charge in [-0.15, -0.1) is 0 Å². The van der Waals surface area contributed by atoms with E-state index in [1.54, 1.807) is 6.92 Å². The third-order valence-corrected chi connectivity index (χ3v) is 2.95. The summed E-state index contributed by atoms with van der Waals surface area (Å²) in [5, 5.41) is 0. The highest BCUT2D eigenvalue weighted by molar-refractivity contribution is 7.90. The van der Waals surface area contributed by atoms with E-state index in [1.807, 2.05) is 0 Å². The summed E-state index contributed by atoms with van der Waals surface area (Å²) in [7, 11) is -3.22. The minimum absolute atomic E-state index is 0.179. The third-order valence-electron chi connectivity index (χ3n) is 1.75. The maximum absolute atomic E-state index is 11.2. The average Bonchev–Trinajstić information content (AvgIpc) is 2.02. The minimum Gasteiger partial charge on any atom is -0.330 e. The Bertz CT molecular complexity index is 428. The zero-order valence-corrected chi connectivity index (χ0v) is 9.00. The first-order valence-corrected chi connectivity index (χ1v) is 6.07. The van der Waals surface area contributed by atoms with Crippen LogP contribution in [0.25, 0.3) is 0 Å². The molecule has 0 radical (unpaired) electrons. The van der Waals surface area contributed by atoms with Gasteiger partial charge in [-0.2, -0.15) is 0 Å². The number of aryl methyl sites for hydroxylation is 1. The molecule has 0 amide bonds. The molecule has 0 aromatic carbocycles. The molecule has 78 valence electrons. The van der Waals surface area contributed by atoms with Crippen molar-refractivity contribution in [3.63, 3.8) is 0 Å². The van der Waals surface area contributed by atoms with Gasteiger partial charge in [-0.1, -0.05) is 0 Å². The number of nitrogens with two attached hydrogens (primary N) is 1. The summed E-state index contributed by atoms with van der Waals surface area (Å²) < 4.78 is 22.4. The van der Waals surface area contributed by atoms with Gasteiger partial charge in [-0.25, -0.2) is 18.4 Å². The second-order valence-corrected chi connectivity index (χ2v) is 5.03. The highest BCUT2D eigenvalue weighted by Crippen LogP contribution is 2.10. The first kappa shape index (κ1) is 11.1. The Balaban J connectivity index is 3.15. The van der Waals surface area contributed by atoms with Crippen LogP contribution in [0.4, 0.5) is 0 Å². The lowest BCUT2D eigenvalue weighted by Crippen LogP contribution is -2.10. The van der Waals surface area contributed by atoms with Crippen LogP contribution in [-0.4, -0.2) is 31.2 Å². The van der Waals surface area contributed by atoms with Crippen molar-refractivity contribution in [3.05, 3.63) is 17.7 Å². The number of aromatic nitrogens is 2. The monoisotopic (exact) mass is 215 g/mol. The molecule has 0 saturated heterocycles. The van der Waals surface area contributed by atoms with Gasteiger partial charge in [0.25, 0.3) is 0 Å². The Morgan fingerprint density at radius 3 is 2.57 bits per heavy atom. The molecule has 1 aromatic rings. The predicted molar refractivity (Wildman–Crippen MR) is 52.6 cm³/mol. The van der Waals surface area contributed by atoms with Gasteiger partial charge in [0.1, 0.15) is 10.7 Å². The topological polar surface area (TPSA) is 85.9 Å². The third kappa shape index (κ3) is 2.49. The van der Waals surface area contributed by atoms with E-state index < -0.39 is 9.84 Å². The molecule has 1 heterocycles. The van der Waals surface area contributed by atoms with Crippen LogP contribution in [0.3, 0.4) is 0 Å². The van der Waals surface area contributed by atoms with Crippen molar-refractivity contribution in [3.8, 4) is 0 Å². The summed E-state index contributed by atoms with van der Waals surface area (Å²) >= 11 is 0. The van der Waals surface area contributed by atoms with E-state index in [4.69, 9.17) is 5.73 Å². The van der Waals surface area contributed by atoms with E-state index >= 15 is 0 Å². The molecule has 5 nitrogen and oxygen atoms in total. The lowest BCUT2D eigenvalue weighted by molar-refractivity contribution is 0.599. The van der Waals surface area contributed by atoms with Gasteiger partial charge in [0.2, 0.25) is 0 Å². The molecule has 0 aliphatic carbocycles.